The quantitative estimate of drug-likeness (QED) is 0.819. The summed E-state index contributed by atoms with van der Waals surface area (Å²) in [5.41, 5.74) is -0.856. The second-order valence-electron chi connectivity index (χ2n) is 6.33. The average Bonchev–Trinajstić information content (AvgIpc) is 2.95. The number of rotatable bonds is 2. The maximum Gasteiger partial charge on any atom is 0.240 e. The van der Waals surface area contributed by atoms with E-state index in [1.807, 2.05) is 0 Å². The van der Waals surface area contributed by atoms with Crippen molar-refractivity contribution < 1.29 is 9.53 Å². The second kappa shape index (κ2) is 5.71. The summed E-state index contributed by atoms with van der Waals surface area (Å²) in [6, 6.07) is 3.14. The Morgan fingerprint density at radius 2 is 2.10 bits per heavy atom. The number of hydrogen-bond donors (Lipinski definition) is 1. The highest BCUT2D eigenvalue weighted by Crippen LogP contribution is 2.32. The summed E-state index contributed by atoms with van der Waals surface area (Å²) in [7, 11) is 0. The van der Waals surface area contributed by atoms with Crippen molar-refractivity contribution in [2.24, 2.45) is 5.41 Å². The van der Waals surface area contributed by atoms with Crippen molar-refractivity contribution in [2.75, 3.05) is 26.3 Å². The van der Waals surface area contributed by atoms with Gasteiger partial charge in [-0.15, -0.1) is 0 Å². The first kappa shape index (κ1) is 13.8. The van der Waals surface area contributed by atoms with Gasteiger partial charge in [0.2, 0.25) is 5.91 Å². The minimum Gasteiger partial charge on any atom is -0.381 e. The maximum absolute atomic E-state index is 12.5. The van der Waals surface area contributed by atoms with Crippen LogP contribution >= 0.6 is 0 Å². The Labute approximate surface area is 120 Å². The Morgan fingerprint density at radius 1 is 1.30 bits per heavy atom. The molecule has 3 aliphatic rings. The SMILES string of the molecule is N#CC1(C(=O)NC2CCN3CCCC3C2)CCOCC1. The molecule has 3 saturated heterocycles. The minimum atomic E-state index is -0.856. The Morgan fingerprint density at radius 3 is 2.85 bits per heavy atom. The predicted octanol–water partition coefficient (Wildman–Crippen LogP) is 1.05. The highest BCUT2D eigenvalue weighted by atomic mass is 16.5. The van der Waals surface area contributed by atoms with Crippen LogP contribution in [-0.2, 0) is 9.53 Å². The number of amides is 1. The van der Waals surface area contributed by atoms with Crippen LogP contribution in [0.25, 0.3) is 0 Å². The van der Waals surface area contributed by atoms with Crippen molar-refractivity contribution in [1.29, 1.82) is 5.26 Å². The van der Waals surface area contributed by atoms with Gasteiger partial charge in [0.05, 0.1) is 6.07 Å². The summed E-state index contributed by atoms with van der Waals surface area (Å²) in [5, 5.41) is 12.6. The van der Waals surface area contributed by atoms with E-state index in [9.17, 15) is 10.1 Å². The van der Waals surface area contributed by atoms with Gasteiger partial charge in [0, 0.05) is 31.8 Å². The largest absolute Gasteiger partial charge is 0.381 e. The topological polar surface area (TPSA) is 65.4 Å². The van der Waals surface area contributed by atoms with Crippen LogP contribution in [0.2, 0.25) is 0 Å². The molecule has 2 atom stereocenters. The molecule has 1 amide bonds. The van der Waals surface area contributed by atoms with Gasteiger partial charge in [-0.1, -0.05) is 0 Å². The van der Waals surface area contributed by atoms with Crippen LogP contribution in [0.5, 0.6) is 0 Å². The number of carbonyl (C=O) groups is 1. The molecule has 3 fully saturated rings. The molecule has 0 bridgehead atoms. The van der Waals surface area contributed by atoms with Gasteiger partial charge < -0.3 is 15.0 Å². The zero-order valence-electron chi connectivity index (χ0n) is 11.9. The fourth-order valence-electron chi connectivity index (χ4n) is 3.79. The summed E-state index contributed by atoms with van der Waals surface area (Å²) in [6.45, 7) is 3.33. The van der Waals surface area contributed by atoms with E-state index in [-0.39, 0.29) is 11.9 Å². The van der Waals surface area contributed by atoms with E-state index < -0.39 is 5.41 Å². The summed E-state index contributed by atoms with van der Waals surface area (Å²) < 4.78 is 5.29. The second-order valence-corrected chi connectivity index (χ2v) is 6.33. The number of nitrogens with one attached hydrogen (secondary N) is 1. The van der Waals surface area contributed by atoms with E-state index in [2.05, 4.69) is 16.3 Å². The summed E-state index contributed by atoms with van der Waals surface area (Å²) in [5.74, 6) is -0.0697. The number of nitriles is 1. The first-order valence-corrected chi connectivity index (χ1v) is 7.77. The molecule has 0 radical (unpaired) electrons. The molecule has 5 heteroatoms. The lowest BCUT2D eigenvalue weighted by Crippen LogP contribution is -2.52. The maximum atomic E-state index is 12.5. The number of ether oxygens (including phenoxy) is 1. The molecule has 0 spiro atoms. The Balaban J connectivity index is 1.59. The van der Waals surface area contributed by atoms with Gasteiger partial charge in [0.25, 0.3) is 0 Å². The van der Waals surface area contributed by atoms with Crippen molar-refractivity contribution in [3.63, 3.8) is 0 Å². The minimum absolute atomic E-state index is 0.0697. The van der Waals surface area contributed by atoms with Crippen LogP contribution in [0.3, 0.4) is 0 Å². The third-order valence-corrected chi connectivity index (χ3v) is 5.15. The van der Waals surface area contributed by atoms with Crippen molar-refractivity contribution in [3.05, 3.63) is 0 Å². The lowest BCUT2D eigenvalue weighted by atomic mass is 9.80. The molecule has 0 aromatic carbocycles. The fraction of sp³-hybridized carbons (Fsp3) is 0.867. The molecule has 0 aliphatic carbocycles. The molecule has 3 rings (SSSR count). The molecule has 3 aliphatic heterocycles. The average molecular weight is 277 g/mol. The van der Waals surface area contributed by atoms with Gasteiger partial charge >= 0.3 is 0 Å². The van der Waals surface area contributed by atoms with Crippen molar-refractivity contribution in [3.8, 4) is 6.07 Å². The fourth-order valence-corrected chi connectivity index (χ4v) is 3.79. The van der Waals surface area contributed by atoms with Crippen molar-refractivity contribution in [1.82, 2.24) is 10.2 Å². The summed E-state index contributed by atoms with van der Waals surface area (Å²) >= 11 is 0. The number of hydrogen-bond acceptors (Lipinski definition) is 4. The predicted molar refractivity (Wildman–Crippen MR) is 73.9 cm³/mol. The highest BCUT2D eigenvalue weighted by Gasteiger charge is 2.42. The van der Waals surface area contributed by atoms with Crippen LogP contribution < -0.4 is 5.32 Å². The first-order valence-electron chi connectivity index (χ1n) is 7.77. The molecule has 20 heavy (non-hydrogen) atoms. The normalized spacial score (nSPS) is 33.1. The molecular formula is C15H23N3O2. The number of fused-ring (bicyclic) bond motifs is 1. The Hall–Kier alpha value is -1.12. The lowest BCUT2D eigenvalue weighted by molar-refractivity contribution is -0.133. The van der Waals surface area contributed by atoms with Gasteiger partial charge in [-0.25, -0.2) is 0 Å². The van der Waals surface area contributed by atoms with E-state index in [1.54, 1.807) is 0 Å². The zero-order valence-corrected chi connectivity index (χ0v) is 11.9. The van der Waals surface area contributed by atoms with Gasteiger partial charge in [-0.3, -0.25) is 4.79 Å². The Bertz CT molecular complexity index is 412. The molecular weight excluding hydrogens is 254 g/mol. The molecule has 0 aromatic rings. The lowest BCUT2D eigenvalue weighted by Gasteiger charge is -2.37. The monoisotopic (exact) mass is 277 g/mol. The molecule has 3 heterocycles. The van der Waals surface area contributed by atoms with E-state index in [0.717, 1.165) is 19.4 Å². The first-order chi connectivity index (χ1) is 9.73. The van der Waals surface area contributed by atoms with Crippen molar-refractivity contribution >= 4 is 5.91 Å². The number of piperidine rings is 1. The third kappa shape index (κ3) is 2.55. The zero-order chi connectivity index (χ0) is 14.0. The number of nitrogens with zero attached hydrogens (tertiary/aromatic N) is 2. The summed E-state index contributed by atoms with van der Waals surface area (Å²) in [6.07, 6.45) is 5.65. The Kier molecular flexibility index (Phi) is 3.95. The smallest absolute Gasteiger partial charge is 0.240 e. The van der Waals surface area contributed by atoms with Crippen LogP contribution in [-0.4, -0.2) is 49.2 Å². The van der Waals surface area contributed by atoms with E-state index in [4.69, 9.17) is 4.74 Å². The van der Waals surface area contributed by atoms with Crippen LogP contribution in [0.4, 0.5) is 0 Å². The molecule has 1 N–H and O–H groups in total. The molecule has 110 valence electrons. The van der Waals surface area contributed by atoms with Crippen LogP contribution in [0, 0.1) is 16.7 Å². The van der Waals surface area contributed by atoms with E-state index >= 15 is 0 Å². The highest BCUT2D eigenvalue weighted by molar-refractivity contribution is 5.85. The molecule has 5 nitrogen and oxygen atoms in total. The van der Waals surface area contributed by atoms with Gasteiger partial charge in [0.15, 0.2) is 0 Å². The van der Waals surface area contributed by atoms with Crippen LogP contribution in [0.1, 0.15) is 38.5 Å². The van der Waals surface area contributed by atoms with Crippen molar-refractivity contribution in [2.45, 2.75) is 50.6 Å². The van der Waals surface area contributed by atoms with Gasteiger partial charge in [0.1, 0.15) is 5.41 Å². The summed E-state index contributed by atoms with van der Waals surface area (Å²) in [4.78, 5) is 15.0. The number of carbonyl (C=O) groups excluding carboxylic acids is 1. The standard InChI is InChI=1S/C15H23N3O2/c16-11-15(4-8-20-9-5-15)14(19)17-12-3-7-18-6-1-2-13(18)10-12/h12-13H,1-10H2,(H,17,19). The van der Waals surface area contributed by atoms with Gasteiger partial charge in [-0.05, 0) is 45.1 Å². The van der Waals surface area contributed by atoms with E-state index in [0.29, 0.717) is 32.1 Å². The van der Waals surface area contributed by atoms with Gasteiger partial charge in [-0.2, -0.15) is 5.26 Å². The van der Waals surface area contributed by atoms with E-state index in [1.165, 1.54) is 19.4 Å². The molecule has 0 saturated carbocycles. The molecule has 2 unspecified atom stereocenters. The third-order valence-electron chi connectivity index (χ3n) is 5.15. The van der Waals surface area contributed by atoms with Crippen LogP contribution in [0.15, 0.2) is 0 Å². The molecule has 0 aromatic heterocycles.